The van der Waals surface area contributed by atoms with E-state index in [2.05, 4.69) is 0 Å². The Bertz CT molecular complexity index is 1050. The Kier molecular flexibility index (Phi) is 4.57. The van der Waals surface area contributed by atoms with Crippen LogP contribution in [-0.2, 0) is 9.84 Å². The normalized spacial score (nSPS) is 14.8. The predicted octanol–water partition coefficient (Wildman–Crippen LogP) is 3.85. The highest BCUT2D eigenvalue weighted by atomic mass is 32.2. The first-order chi connectivity index (χ1) is 12.9. The van der Waals surface area contributed by atoms with E-state index in [4.69, 9.17) is 0 Å². The second-order valence-corrected chi connectivity index (χ2v) is 9.43. The van der Waals surface area contributed by atoms with Crippen LogP contribution in [0.4, 0.5) is 4.39 Å². The standard InChI is InChI=1S/C20H16FNO3S2/c21-17-5-7-18(8-6-17)27(24,25)19-11-22(12-19)20(23)15-3-1-14(2-4-15)16-9-10-26-13-16/h1-10,13,19H,11-12H2. The summed E-state index contributed by atoms with van der Waals surface area (Å²) in [4.78, 5) is 14.2. The molecule has 1 amide bonds. The maximum Gasteiger partial charge on any atom is 0.253 e. The fourth-order valence-corrected chi connectivity index (χ4v) is 5.35. The highest BCUT2D eigenvalue weighted by Gasteiger charge is 2.40. The fraction of sp³-hybridized carbons (Fsp3) is 0.150. The van der Waals surface area contributed by atoms with Crippen molar-refractivity contribution in [2.24, 2.45) is 0 Å². The molecule has 0 atom stereocenters. The molecule has 7 heteroatoms. The van der Waals surface area contributed by atoms with Gasteiger partial charge in [-0.25, -0.2) is 12.8 Å². The molecule has 4 nitrogen and oxygen atoms in total. The Balaban J connectivity index is 1.43. The van der Waals surface area contributed by atoms with Crippen LogP contribution in [0, 0.1) is 5.82 Å². The van der Waals surface area contributed by atoms with Gasteiger partial charge in [-0.05, 0) is 64.4 Å². The molecule has 3 aromatic rings. The number of likely N-dealkylation sites (tertiary alicyclic amines) is 1. The lowest BCUT2D eigenvalue weighted by atomic mass is 10.1. The van der Waals surface area contributed by atoms with E-state index in [-0.39, 0.29) is 23.9 Å². The van der Waals surface area contributed by atoms with Crippen molar-refractivity contribution in [3.63, 3.8) is 0 Å². The molecule has 2 heterocycles. The maximum absolute atomic E-state index is 13.0. The van der Waals surface area contributed by atoms with E-state index >= 15 is 0 Å². The summed E-state index contributed by atoms with van der Waals surface area (Å²) in [5.41, 5.74) is 2.67. The van der Waals surface area contributed by atoms with Gasteiger partial charge >= 0.3 is 0 Å². The van der Waals surface area contributed by atoms with Gasteiger partial charge in [0.25, 0.3) is 5.91 Å². The zero-order valence-corrected chi connectivity index (χ0v) is 15.8. The van der Waals surface area contributed by atoms with Crippen molar-refractivity contribution >= 4 is 27.1 Å². The number of carbonyl (C=O) groups excluding carboxylic acids is 1. The van der Waals surface area contributed by atoms with E-state index in [1.807, 2.05) is 29.0 Å². The Morgan fingerprint density at radius 1 is 0.963 bits per heavy atom. The van der Waals surface area contributed by atoms with Crippen molar-refractivity contribution < 1.29 is 17.6 Å². The van der Waals surface area contributed by atoms with Gasteiger partial charge in [-0.3, -0.25) is 4.79 Å². The number of amides is 1. The summed E-state index contributed by atoms with van der Waals surface area (Å²) in [6, 6.07) is 14.1. The zero-order valence-electron chi connectivity index (χ0n) is 14.2. The molecule has 0 unspecified atom stereocenters. The third kappa shape index (κ3) is 3.40. The molecule has 1 aliphatic rings. The molecule has 4 rings (SSSR count). The van der Waals surface area contributed by atoms with Crippen LogP contribution < -0.4 is 0 Å². The minimum atomic E-state index is -3.56. The number of carbonyl (C=O) groups is 1. The van der Waals surface area contributed by atoms with Crippen LogP contribution in [0.3, 0.4) is 0 Å². The van der Waals surface area contributed by atoms with Gasteiger partial charge in [-0.2, -0.15) is 11.3 Å². The van der Waals surface area contributed by atoms with Crippen molar-refractivity contribution in [2.75, 3.05) is 13.1 Å². The van der Waals surface area contributed by atoms with E-state index in [1.54, 1.807) is 23.5 Å². The second kappa shape index (κ2) is 6.90. The van der Waals surface area contributed by atoms with Crippen LogP contribution in [0.1, 0.15) is 10.4 Å². The lowest BCUT2D eigenvalue weighted by molar-refractivity contribution is 0.0659. The Morgan fingerprint density at radius 3 is 2.22 bits per heavy atom. The first-order valence-corrected chi connectivity index (χ1v) is 10.9. The van der Waals surface area contributed by atoms with E-state index in [0.717, 1.165) is 23.3 Å². The summed E-state index contributed by atoms with van der Waals surface area (Å²) in [5.74, 6) is -0.664. The van der Waals surface area contributed by atoms with Crippen LogP contribution in [0.25, 0.3) is 11.1 Å². The summed E-state index contributed by atoms with van der Waals surface area (Å²) < 4.78 is 38.1. The van der Waals surface area contributed by atoms with Gasteiger partial charge in [0.05, 0.1) is 4.90 Å². The van der Waals surface area contributed by atoms with Crippen molar-refractivity contribution in [3.05, 3.63) is 76.7 Å². The molecular formula is C20H16FNO3S2. The second-order valence-electron chi connectivity index (χ2n) is 6.42. The monoisotopic (exact) mass is 401 g/mol. The Morgan fingerprint density at radius 2 is 1.63 bits per heavy atom. The minimum absolute atomic E-state index is 0.0844. The molecule has 0 spiro atoms. The quantitative estimate of drug-likeness (QED) is 0.624. The first-order valence-electron chi connectivity index (χ1n) is 8.36. The maximum atomic E-state index is 13.0. The summed E-state index contributed by atoms with van der Waals surface area (Å²) >= 11 is 1.61. The molecule has 0 bridgehead atoms. The van der Waals surface area contributed by atoms with Crippen molar-refractivity contribution in [1.82, 2.24) is 4.90 Å². The van der Waals surface area contributed by atoms with Gasteiger partial charge < -0.3 is 4.90 Å². The van der Waals surface area contributed by atoms with Crippen molar-refractivity contribution in [1.29, 1.82) is 0 Å². The number of sulfone groups is 1. The Hall–Kier alpha value is -2.51. The topological polar surface area (TPSA) is 54.5 Å². The number of hydrogen-bond donors (Lipinski definition) is 0. The number of nitrogens with zero attached hydrogens (tertiary/aromatic N) is 1. The molecule has 138 valence electrons. The molecule has 1 fully saturated rings. The molecule has 1 aromatic heterocycles. The highest BCUT2D eigenvalue weighted by Crippen LogP contribution is 2.27. The predicted molar refractivity (Wildman–Crippen MR) is 103 cm³/mol. The fourth-order valence-electron chi connectivity index (χ4n) is 3.03. The van der Waals surface area contributed by atoms with E-state index in [9.17, 15) is 17.6 Å². The van der Waals surface area contributed by atoms with Crippen LogP contribution in [0.2, 0.25) is 0 Å². The van der Waals surface area contributed by atoms with Gasteiger partial charge in [0, 0.05) is 18.7 Å². The largest absolute Gasteiger partial charge is 0.336 e. The van der Waals surface area contributed by atoms with E-state index in [1.165, 1.54) is 17.0 Å². The molecule has 0 aliphatic carbocycles. The summed E-state index contributed by atoms with van der Waals surface area (Å²) in [6.07, 6.45) is 0. The van der Waals surface area contributed by atoms with E-state index in [0.29, 0.717) is 5.56 Å². The first kappa shape index (κ1) is 17.9. The third-order valence-electron chi connectivity index (χ3n) is 4.70. The highest BCUT2D eigenvalue weighted by molar-refractivity contribution is 7.92. The van der Waals surface area contributed by atoms with Crippen LogP contribution in [0.15, 0.2) is 70.3 Å². The minimum Gasteiger partial charge on any atom is -0.336 e. The average molecular weight is 401 g/mol. The summed E-state index contributed by atoms with van der Waals surface area (Å²) in [7, 11) is -3.56. The molecule has 27 heavy (non-hydrogen) atoms. The van der Waals surface area contributed by atoms with Crippen LogP contribution in [-0.4, -0.2) is 37.6 Å². The Labute approximate surface area is 160 Å². The number of benzene rings is 2. The molecule has 0 radical (unpaired) electrons. The van der Waals surface area contributed by atoms with E-state index < -0.39 is 20.9 Å². The SMILES string of the molecule is O=C(c1ccc(-c2ccsc2)cc1)N1CC(S(=O)(=O)c2ccc(F)cc2)C1. The van der Waals surface area contributed by atoms with Gasteiger partial charge in [-0.15, -0.1) is 0 Å². The van der Waals surface area contributed by atoms with Gasteiger partial charge in [0.1, 0.15) is 11.1 Å². The molecule has 2 aromatic carbocycles. The molecule has 1 saturated heterocycles. The summed E-state index contributed by atoms with van der Waals surface area (Å²) in [6.45, 7) is 0.287. The molecule has 0 N–H and O–H groups in total. The van der Waals surface area contributed by atoms with Crippen molar-refractivity contribution in [2.45, 2.75) is 10.1 Å². The van der Waals surface area contributed by atoms with Crippen LogP contribution >= 0.6 is 11.3 Å². The number of thiophene rings is 1. The lowest BCUT2D eigenvalue weighted by Gasteiger charge is -2.38. The average Bonchev–Trinajstić information content (AvgIpc) is 3.15. The van der Waals surface area contributed by atoms with Gasteiger partial charge in [-0.1, -0.05) is 12.1 Å². The third-order valence-corrected chi connectivity index (χ3v) is 7.49. The van der Waals surface area contributed by atoms with Gasteiger partial charge in [0.15, 0.2) is 9.84 Å². The van der Waals surface area contributed by atoms with Crippen LogP contribution in [0.5, 0.6) is 0 Å². The molecule has 1 aliphatic heterocycles. The molecular weight excluding hydrogens is 385 g/mol. The zero-order chi connectivity index (χ0) is 19.0. The molecule has 0 saturated carbocycles. The van der Waals surface area contributed by atoms with Crippen molar-refractivity contribution in [3.8, 4) is 11.1 Å². The number of hydrogen-bond acceptors (Lipinski definition) is 4. The summed E-state index contributed by atoms with van der Waals surface area (Å²) in [5, 5.41) is 3.38. The smallest absolute Gasteiger partial charge is 0.253 e. The van der Waals surface area contributed by atoms with Gasteiger partial charge in [0.2, 0.25) is 0 Å². The number of rotatable bonds is 4. The lowest BCUT2D eigenvalue weighted by Crippen LogP contribution is -2.56. The number of halogens is 1.